The van der Waals surface area contributed by atoms with Crippen LogP contribution < -0.4 is 20.4 Å². The zero-order chi connectivity index (χ0) is 27.9. The lowest BCUT2D eigenvalue weighted by Gasteiger charge is -2.28. The van der Waals surface area contributed by atoms with E-state index in [-0.39, 0.29) is 34.0 Å². The summed E-state index contributed by atoms with van der Waals surface area (Å²) in [6.45, 7) is 2.09. The normalized spacial score (nSPS) is 12.7. The topological polar surface area (TPSA) is 146 Å². The van der Waals surface area contributed by atoms with Crippen molar-refractivity contribution in [3.8, 4) is 17.6 Å². The van der Waals surface area contributed by atoms with Crippen LogP contribution in [0.1, 0.15) is 22.8 Å². The Labute approximate surface area is 232 Å². The van der Waals surface area contributed by atoms with E-state index in [1.807, 2.05) is 11.4 Å². The number of hydrogen-bond acceptors (Lipinski definition) is 9. The Kier molecular flexibility index (Phi) is 8.60. The number of carbonyl (C=O) groups excluding carboxylic acids is 3. The summed E-state index contributed by atoms with van der Waals surface area (Å²) in [6, 6.07) is 14.9. The number of hydrogen-bond donors (Lipinski definition) is 2. The molecule has 0 unspecified atom stereocenters. The Balaban J connectivity index is 1.47. The van der Waals surface area contributed by atoms with E-state index < -0.39 is 17.7 Å². The number of fused-ring (bicyclic) bond motifs is 1. The molecule has 0 spiro atoms. The van der Waals surface area contributed by atoms with Crippen molar-refractivity contribution in [1.29, 1.82) is 5.26 Å². The fraction of sp³-hybridized carbons (Fsp3) is 0.154. The minimum Gasteiger partial charge on any atom is -0.454 e. The van der Waals surface area contributed by atoms with E-state index in [4.69, 9.17) is 27.9 Å². The summed E-state index contributed by atoms with van der Waals surface area (Å²) in [6.07, 6.45) is 1.23. The first-order valence-corrected chi connectivity index (χ1v) is 12.3. The lowest BCUT2D eigenvalue weighted by Crippen LogP contribution is -2.38. The Morgan fingerprint density at radius 1 is 1.18 bits per heavy atom. The highest BCUT2D eigenvalue weighted by atomic mass is 35.5. The molecule has 2 N–H and O–H groups in total. The molecule has 198 valence electrons. The van der Waals surface area contributed by atoms with Gasteiger partial charge in [-0.05, 0) is 61.4 Å². The number of hydrazone groups is 1. The molecule has 0 fully saturated rings. The smallest absolute Gasteiger partial charge is 0.414 e. The van der Waals surface area contributed by atoms with Crippen LogP contribution >= 0.6 is 23.2 Å². The maximum Gasteiger partial charge on any atom is 0.414 e. The number of imide groups is 1. The molecular formula is C26H20Cl2N6O5. The van der Waals surface area contributed by atoms with Gasteiger partial charge in [-0.15, -0.1) is 0 Å². The summed E-state index contributed by atoms with van der Waals surface area (Å²) in [5.74, 6) is -0.0224. The summed E-state index contributed by atoms with van der Waals surface area (Å²) in [4.78, 5) is 42.3. The molecule has 0 atom stereocenters. The molecular weight excluding hydrogens is 547 g/mol. The Hall–Kier alpha value is -4.66. The monoisotopic (exact) mass is 566 g/mol. The number of aromatic nitrogens is 1. The molecule has 0 saturated heterocycles. The Bertz CT molecular complexity index is 1480. The van der Waals surface area contributed by atoms with Crippen LogP contribution in [0.2, 0.25) is 10.0 Å². The van der Waals surface area contributed by atoms with Gasteiger partial charge in [0.05, 0.1) is 22.3 Å². The van der Waals surface area contributed by atoms with E-state index in [0.717, 1.165) is 5.56 Å². The number of nitrogens with zero attached hydrogens (tertiary/aromatic N) is 4. The van der Waals surface area contributed by atoms with E-state index >= 15 is 0 Å². The highest BCUT2D eigenvalue weighted by Crippen LogP contribution is 2.39. The molecule has 3 amide bonds. The molecule has 39 heavy (non-hydrogen) atoms. The van der Waals surface area contributed by atoms with Crippen molar-refractivity contribution in [1.82, 2.24) is 10.3 Å². The number of nitrogens with one attached hydrogen (secondary N) is 2. The second-order valence-corrected chi connectivity index (χ2v) is 8.76. The molecule has 0 aliphatic carbocycles. The van der Waals surface area contributed by atoms with Gasteiger partial charge in [0.1, 0.15) is 17.6 Å². The number of nitriles is 1. The lowest BCUT2D eigenvalue weighted by atomic mass is 9.98. The SMILES string of the molecule is CCOC(=O)NC(=O)C(C#N)=NNc1cc(Cl)c(Oc2ccc3c(c2)CCN(c2ccccn2)C3=O)c(Cl)c1. The number of carbonyl (C=O) groups is 3. The predicted octanol–water partition coefficient (Wildman–Crippen LogP) is 4.95. The van der Waals surface area contributed by atoms with Crippen LogP contribution in [0.3, 0.4) is 0 Å². The number of amides is 3. The van der Waals surface area contributed by atoms with Gasteiger partial charge in [0.2, 0.25) is 5.71 Å². The molecule has 1 aliphatic rings. The zero-order valence-electron chi connectivity index (χ0n) is 20.4. The minimum atomic E-state index is -1.05. The number of rotatable bonds is 7. The number of ether oxygens (including phenoxy) is 2. The molecule has 2 aromatic carbocycles. The lowest BCUT2D eigenvalue weighted by molar-refractivity contribution is -0.114. The van der Waals surface area contributed by atoms with Gasteiger partial charge in [-0.3, -0.25) is 25.2 Å². The Morgan fingerprint density at radius 2 is 1.95 bits per heavy atom. The summed E-state index contributed by atoms with van der Waals surface area (Å²) in [5.41, 5.74) is 3.49. The summed E-state index contributed by atoms with van der Waals surface area (Å²) >= 11 is 12.8. The molecule has 1 aliphatic heterocycles. The number of benzene rings is 2. The van der Waals surface area contributed by atoms with Gasteiger partial charge in [-0.2, -0.15) is 10.4 Å². The van der Waals surface area contributed by atoms with E-state index in [1.165, 1.54) is 12.1 Å². The standard InChI is InChI=1S/C26H20Cl2N6O5/c1-2-38-26(37)31-24(35)21(14-29)33-32-16-12-19(27)23(20(28)13-16)39-17-6-7-18-15(11-17)8-10-34(25(18)36)22-5-3-4-9-30-22/h3-7,9,11-13,32H,2,8,10H2,1H3,(H,31,35,37). The maximum absolute atomic E-state index is 13.0. The summed E-state index contributed by atoms with van der Waals surface area (Å²) < 4.78 is 10.5. The first-order valence-electron chi connectivity index (χ1n) is 11.5. The molecule has 0 saturated carbocycles. The second kappa shape index (κ2) is 12.3. The zero-order valence-corrected chi connectivity index (χ0v) is 21.9. The first-order chi connectivity index (χ1) is 18.8. The molecule has 1 aromatic heterocycles. The second-order valence-electron chi connectivity index (χ2n) is 7.94. The van der Waals surface area contributed by atoms with E-state index in [9.17, 15) is 19.6 Å². The van der Waals surface area contributed by atoms with Gasteiger partial charge in [0, 0.05) is 18.3 Å². The van der Waals surface area contributed by atoms with Crippen molar-refractivity contribution in [2.24, 2.45) is 5.10 Å². The van der Waals surface area contributed by atoms with Gasteiger partial charge in [-0.25, -0.2) is 9.78 Å². The van der Waals surface area contributed by atoms with Crippen molar-refractivity contribution >= 4 is 58.3 Å². The largest absolute Gasteiger partial charge is 0.454 e. The number of pyridine rings is 1. The van der Waals surface area contributed by atoms with E-state index in [2.05, 4.69) is 20.2 Å². The van der Waals surface area contributed by atoms with Crippen molar-refractivity contribution < 1.29 is 23.9 Å². The average Bonchev–Trinajstić information content (AvgIpc) is 2.92. The van der Waals surface area contributed by atoms with Gasteiger partial charge in [-0.1, -0.05) is 29.3 Å². The van der Waals surface area contributed by atoms with Crippen LogP contribution in [0.25, 0.3) is 0 Å². The van der Waals surface area contributed by atoms with Crippen molar-refractivity contribution in [2.75, 3.05) is 23.5 Å². The van der Waals surface area contributed by atoms with Crippen LogP contribution in [-0.4, -0.2) is 41.8 Å². The van der Waals surface area contributed by atoms with E-state index in [1.54, 1.807) is 54.4 Å². The summed E-state index contributed by atoms with van der Waals surface area (Å²) in [5, 5.41) is 15.0. The highest BCUT2D eigenvalue weighted by molar-refractivity contribution is 6.47. The molecule has 3 aromatic rings. The van der Waals surface area contributed by atoms with Crippen LogP contribution in [-0.2, 0) is 16.0 Å². The van der Waals surface area contributed by atoms with Gasteiger partial charge in [0.15, 0.2) is 5.75 Å². The van der Waals surface area contributed by atoms with Gasteiger partial charge >= 0.3 is 6.09 Å². The van der Waals surface area contributed by atoms with E-state index in [0.29, 0.717) is 30.1 Å². The predicted molar refractivity (Wildman–Crippen MR) is 144 cm³/mol. The molecule has 11 nitrogen and oxygen atoms in total. The quantitative estimate of drug-likeness (QED) is 0.301. The maximum atomic E-state index is 13.0. The fourth-order valence-electron chi connectivity index (χ4n) is 3.67. The van der Waals surface area contributed by atoms with Crippen molar-refractivity contribution in [3.63, 3.8) is 0 Å². The van der Waals surface area contributed by atoms with Gasteiger partial charge in [0.25, 0.3) is 11.8 Å². The average molecular weight is 567 g/mol. The van der Waals surface area contributed by atoms with Crippen LogP contribution in [0, 0.1) is 11.3 Å². The van der Waals surface area contributed by atoms with Crippen LogP contribution in [0.4, 0.5) is 16.3 Å². The number of halogens is 2. The third-order valence-electron chi connectivity index (χ3n) is 5.41. The fourth-order valence-corrected chi connectivity index (χ4v) is 4.23. The summed E-state index contributed by atoms with van der Waals surface area (Å²) in [7, 11) is 0. The van der Waals surface area contributed by atoms with Gasteiger partial charge < -0.3 is 9.47 Å². The number of alkyl carbamates (subject to hydrolysis) is 1. The first kappa shape index (κ1) is 27.4. The van der Waals surface area contributed by atoms with Crippen molar-refractivity contribution in [2.45, 2.75) is 13.3 Å². The number of anilines is 2. The molecule has 4 rings (SSSR count). The third kappa shape index (κ3) is 6.43. The molecule has 0 radical (unpaired) electrons. The highest BCUT2D eigenvalue weighted by Gasteiger charge is 2.26. The minimum absolute atomic E-state index is 0.0516. The van der Waals surface area contributed by atoms with Crippen molar-refractivity contribution in [3.05, 3.63) is 75.9 Å². The molecule has 0 bridgehead atoms. The molecule has 13 heteroatoms. The van der Waals surface area contributed by atoms with Crippen LogP contribution in [0.5, 0.6) is 11.5 Å². The third-order valence-corrected chi connectivity index (χ3v) is 5.97. The van der Waals surface area contributed by atoms with Crippen LogP contribution in [0.15, 0.2) is 59.8 Å². The Morgan fingerprint density at radius 3 is 2.62 bits per heavy atom. The molecule has 2 heterocycles.